The third kappa shape index (κ3) is 2.51. The molecule has 2 aromatic heterocycles. The van der Waals surface area contributed by atoms with Gasteiger partial charge in [-0.15, -0.1) is 0 Å². The minimum Gasteiger partial charge on any atom is -0.451 e. The van der Waals surface area contributed by atoms with Crippen LogP contribution < -0.4 is 4.90 Å². The molecule has 0 aromatic carbocycles. The van der Waals surface area contributed by atoms with Crippen LogP contribution in [0.5, 0.6) is 0 Å². The van der Waals surface area contributed by atoms with E-state index < -0.39 is 0 Å². The van der Waals surface area contributed by atoms with Crippen molar-refractivity contribution in [1.82, 2.24) is 19.9 Å². The molecule has 2 saturated heterocycles. The van der Waals surface area contributed by atoms with Crippen molar-refractivity contribution < 1.29 is 4.42 Å². The molecule has 0 radical (unpaired) electrons. The Morgan fingerprint density at radius 3 is 2.62 bits per heavy atom. The van der Waals surface area contributed by atoms with Crippen molar-refractivity contribution in [2.75, 3.05) is 31.1 Å². The Balaban J connectivity index is 1.39. The van der Waals surface area contributed by atoms with Crippen LogP contribution in [0.15, 0.2) is 29.5 Å². The summed E-state index contributed by atoms with van der Waals surface area (Å²) in [5, 5.41) is 0. The van der Waals surface area contributed by atoms with Gasteiger partial charge < -0.3 is 9.32 Å². The zero-order valence-electron chi connectivity index (χ0n) is 12.1. The molecule has 0 spiro atoms. The van der Waals surface area contributed by atoms with Crippen LogP contribution in [0.1, 0.15) is 11.4 Å². The fraction of sp³-hybridized carbons (Fsp3) is 0.533. The smallest absolute Gasteiger partial charge is 0.180 e. The highest BCUT2D eigenvalue weighted by Gasteiger charge is 2.40. The van der Waals surface area contributed by atoms with Crippen LogP contribution in [0.2, 0.25) is 0 Å². The van der Waals surface area contributed by atoms with Gasteiger partial charge in [-0.1, -0.05) is 0 Å². The highest BCUT2D eigenvalue weighted by atomic mass is 16.3. The van der Waals surface area contributed by atoms with Crippen molar-refractivity contribution in [3.05, 3.63) is 36.4 Å². The summed E-state index contributed by atoms with van der Waals surface area (Å²) in [6, 6.07) is 2.08. The molecule has 2 aliphatic rings. The van der Waals surface area contributed by atoms with E-state index in [1.165, 1.54) is 6.39 Å². The second-order valence-corrected chi connectivity index (χ2v) is 6.12. The third-order valence-corrected chi connectivity index (χ3v) is 4.54. The minimum absolute atomic E-state index is 0.729. The molecule has 4 rings (SSSR count). The van der Waals surface area contributed by atoms with E-state index in [2.05, 4.69) is 30.8 Å². The first-order valence-electron chi connectivity index (χ1n) is 7.41. The van der Waals surface area contributed by atoms with E-state index in [0.29, 0.717) is 0 Å². The molecule has 0 N–H and O–H groups in total. The second-order valence-electron chi connectivity index (χ2n) is 6.12. The molecule has 0 bridgehead atoms. The SMILES string of the molecule is Cc1cc(N2CC3CN(Cc4cocn4)CC3C2)ncn1. The van der Waals surface area contributed by atoms with Gasteiger partial charge in [-0.05, 0) is 18.8 Å². The summed E-state index contributed by atoms with van der Waals surface area (Å²) in [5.41, 5.74) is 2.06. The van der Waals surface area contributed by atoms with Crippen LogP contribution in [-0.2, 0) is 6.54 Å². The lowest BCUT2D eigenvalue weighted by molar-refractivity contribution is 0.305. The molecule has 2 aromatic rings. The average Bonchev–Trinajstić information content (AvgIpc) is 3.14. The minimum atomic E-state index is 0.729. The Hall–Kier alpha value is -1.95. The van der Waals surface area contributed by atoms with Gasteiger partial charge in [-0.3, -0.25) is 4.90 Å². The van der Waals surface area contributed by atoms with Gasteiger partial charge in [-0.2, -0.15) is 0 Å². The van der Waals surface area contributed by atoms with Gasteiger partial charge in [-0.25, -0.2) is 15.0 Å². The van der Waals surface area contributed by atoms with Crippen molar-refractivity contribution in [2.45, 2.75) is 13.5 Å². The standard InChI is InChI=1S/C15H19N5O/c1-11-2-15(17-9-16-11)20-5-12-3-19(4-13(12)6-20)7-14-8-21-10-18-14/h2,8-10,12-13H,3-7H2,1H3. The van der Waals surface area contributed by atoms with E-state index in [4.69, 9.17) is 4.42 Å². The molecule has 110 valence electrons. The lowest BCUT2D eigenvalue weighted by Gasteiger charge is -2.21. The van der Waals surface area contributed by atoms with Crippen LogP contribution in [0.3, 0.4) is 0 Å². The molecular weight excluding hydrogens is 266 g/mol. The zero-order valence-corrected chi connectivity index (χ0v) is 12.1. The van der Waals surface area contributed by atoms with Gasteiger partial charge in [0.05, 0.1) is 5.69 Å². The number of rotatable bonds is 3. The maximum absolute atomic E-state index is 5.04. The topological polar surface area (TPSA) is 58.3 Å². The number of aryl methyl sites for hydroxylation is 1. The first-order chi connectivity index (χ1) is 10.3. The molecule has 4 heterocycles. The Labute approximate surface area is 123 Å². The summed E-state index contributed by atoms with van der Waals surface area (Å²) in [6.07, 6.45) is 4.91. The predicted octanol–water partition coefficient (Wildman–Crippen LogP) is 1.34. The van der Waals surface area contributed by atoms with Gasteiger partial charge in [0, 0.05) is 44.5 Å². The van der Waals surface area contributed by atoms with Crippen LogP contribution in [0.25, 0.3) is 0 Å². The van der Waals surface area contributed by atoms with Gasteiger partial charge in [0.2, 0.25) is 0 Å². The van der Waals surface area contributed by atoms with E-state index in [9.17, 15) is 0 Å². The van der Waals surface area contributed by atoms with Crippen molar-refractivity contribution in [2.24, 2.45) is 11.8 Å². The molecule has 2 atom stereocenters. The molecule has 0 aliphatic carbocycles. The fourth-order valence-corrected chi connectivity index (χ4v) is 3.56. The number of likely N-dealkylation sites (tertiary alicyclic amines) is 1. The Bertz CT molecular complexity index is 600. The van der Waals surface area contributed by atoms with E-state index in [1.807, 2.05) is 6.92 Å². The van der Waals surface area contributed by atoms with Crippen molar-refractivity contribution in [3.8, 4) is 0 Å². The Morgan fingerprint density at radius 2 is 1.95 bits per heavy atom. The number of hydrogen-bond donors (Lipinski definition) is 0. The van der Waals surface area contributed by atoms with Gasteiger partial charge in [0.1, 0.15) is 18.4 Å². The summed E-state index contributed by atoms with van der Waals surface area (Å²) in [5.74, 6) is 2.53. The van der Waals surface area contributed by atoms with Crippen LogP contribution >= 0.6 is 0 Å². The first kappa shape index (κ1) is 12.8. The first-order valence-corrected chi connectivity index (χ1v) is 7.41. The second kappa shape index (κ2) is 5.11. The number of oxazole rings is 1. The molecular formula is C15H19N5O. The molecule has 2 aliphatic heterocycles. The largest absolute Gasteiger partial charge is 0.451 e. The third-order valence-electron chi connectivity index (χ3n) is 4.54. The number of hydrogen-bond acceptors (Lipinski definition) is 6. The lowest BCUT2D eigenvalue weighted by atomic mass is 10.0. The fourth-order valence-electron chi connectivity index (χ4n) is 3.56. The van der Waals surface area contributed by atoms with Gasteiger partial charge >= 0.3 is 0 Å². The van der Waals surface area contributed by atoms with E-state index in [-0.39, 0.29) is 0 Å². The Morgan fingerprint density at radius 1 is 1.14 bits per heavy atom. The number of fused-ring (bicyclic) bond motifs is 1. The quantitative estimate of drug-likeness (QED) is 0.848. The summed E-state index contributed by atoms with van der Waals surface area (Å²) >= 11 is 0. The summed E-state index contributed by atoms with van der Waals surface area (Å²) in [6.45, 7) is 7.38. The molecule has 6 heteroatoms. The lowest BCUT2D eigenvalue weighted by Crippen LogP contribution is -2.29. The van der Waals surface area contributed by atoms with E-state index in [0.717, 1.165) is 61.8 Å². The van der Waals surface area contributed by atoms with Crippen molar-refractivity contribution in [3.63, 3.8) is 0 Å². The summed E-state index contributed by atoms with van der Waals surface area (Å²) in [7, 11) is 0. The number of nitrogens with zero attached hydrogens (tertiary/aromatic N) is 5. The molecule has 2 unspecified atom stereocenters. The molecule has 6 nitrogen and oxygen atoms in total. The number of aromatic nitrogens is 3. The van der Waals surface area contributed by atoms with Gasteiger partial charge in [0.25, 0.3) is 0 Å². The highest BCUT2D eigenvalue weighted by Crippen LogP contribution is 2.33. The van der Waals surface area contributed by atoms with E-state index in [1.54, 1.807) is 12.6 Å². The Kier molecular flexibility index (Phi) is 3.11. The number of anilines is 1. The monoisotopic (exact) mass is 285 g/mol. The maximum Gasteiger partial charge on any atom is 0.180 e. The molecule has 21 heavy (non-hydrogen) atoms. The highest BCUT2D eigenvalue weighted by molar-refractivity contribution is 5.40. The molecule has 0 saturated carbocycles. The van der Waals surface area contributed by atoms with Crippen LogP contribution in [-0.4, -0.2) is 46.0 Å². The van der Waals surface area contributed by atoms with E-state index >= 15 is 0 Å². The summed E-state index contributed by atoms with van der Waals surface area (Å²) < 4.78 is 5.04. The zero-order chi connectivity index (χ0) is 14.2. The van der Waals surface area contributed by atoms with Crippen LogP contribution in [0, 0.1) is 18.8 Å². The predicted molar refractivity (Wildman–Crippen MR) is 77.7 cm³/mol. The molecule has 0 amide bonds. The van der Waals surface area contributed by atoms with Crippen LogP contribution in [0.4, 0.5) is 5.82 Å². The maximum atomic E-state index is 5.04. The van der Waals surface area contributed by atoms with Crippen molar-refractivity contribution in [1.29, 1.82) is 0 Å². The van der Waals surface area contributed by atoms with Gasteiger partial charge in [0.15, 0.2) is 6.39 Å². The van der Waals surface area contributed by atoms with Crippen molar-refractivity contribution >= 4 is 5.82 Å². The normalized spacial score (nSPS) is 25.5. The summed E-state index contributed by atoms with van der Waals surface area (Å²) in [4.78, 5) is 17.7. The molecule has 2 fully saturated rings. The average molecular weight is 285 g/mol.